The lowest BCUT2D eigenvalue weighted by atomic mass is 9.83. The molecule has 3 rings (SSSR count). The van der Waals surface area contributed by atoms with Crippen molar-refractivity contribution in [1.29, 1.82) is 0 Å². The molecule has 3 nitrogen and oxygen atoms in total. The van der Waals surface area contributed by atoms with Crippen molar-refractivity contribution in [3.8, 4) is 5.75 Å². The first-order chi connectivity index (χ1) is 9.38. The number of fused-ring (bicyclic) bond motifs is 1. The number of nitrogens with one attached hydrogen (secondary N) is 2. The van der Waals surface area contributed by atoms with Crippen LogP contribution in [0, 0.1) is 5.92 Å². The zero-order valence-corrected chi connectivity index (χ0v) is 11.7. The van der Waals surface area contributed by atoms with Crippen LogP contribution in [0.5, 0.6) is 5.75 Å². The molecule has 1 atom stereocenters. The highest BCUT2D eigenvalue weighted by Crippen LogP contribution is 2.38. The maximum Gasteiger partial charge on any atom is 0.144 e. The van der Waals surface area contributed by atoms with E-state index in [4.69, 9.17) is 4.74 Å². The van der Waals surface area contributed by atoms with Crippen molar-refractivity contribution in [2.75, 3.05) is 23.8 Å². The highest BCUT2D eigenvalue weighted by Gasteiger charge is 2.27. The fourth-order valence-electron chi connectivity index (χ4n) is 3.39. The predicted octanol–water partition coefficient (Wildman–Crippen LogP) is 3.87. The molecule has 1 fully saturated rings. The third kappa shape index (κ3) is 2.65. The topological polar surface area (TPSA) is 33.3 Å². The van der Waals surface area contributed by atoms with Crippen LogP contribution in [0.25, 0.3) is 0 Å². The largest absolute Gasteiger partial charge is 0.492 e. The summed E-state index contributed by atoms with van der Waals surface area (Å²) in [7, 11) is 0. The summed E-state index contributed by atoms with van der Waals surface area (Å²) in [5.41, 5.74) is 2.34. The van der Waals surface area contributed by atoms with Crippen LogP contribution in [0.4, 0.5) is 11.4 Å². The van der Waals surface area contributed by atoms with Crippen molar-refractivity contribution in [2.24, 2.45) is 5.92 Å². The molecule has 1 aromatic rings. The summed E-state index contributed by atoms with van der Waals surface area (Å²) in [6.07, 6.45) is 6.96. The van der Waals surface area contributed by atoms with E-state index in [1.165, 1.54) is 37.8 Å². The average Bonchev–Trinajstić information content (AvgIpc) is 2.48. The Hall–Kier alpha value is -1.38. The highest BCUT2D eigenvalue weighted by molar-refractivity contribution is 5.77. The predicted molar refractivity (Wildman–Crippen MR) is 80.1 cm³/mol. The molecule has 0 bridgehead atoms. The van der Waals surface area contributed by atoms with Gasteiger partial charge in [0.2, 0.25) is 0 Å². The molecular formula is C16H24N2O. The quantitative estimate of drug-likeness (QED) is 0.865. The molecule has 1 aliphatic heterocycles. The molecule has 104 valence electrons. The molecular weight excluding hydrogens is 236 g/mol. The van der Waals surface area contributed by atoms with Gasteiger partial charge in [0, 0.05) is 12.6 Å². The van der Waals surface area contributed by atoms with Gasteiger partial charge in [-0.15, -0.1) is 0 Å². The minimum absolute atomic E-state index is 0.574. The van der Waals surface area contributed by atoms with E-state index >= 15 is 0 Å². The van der Waals surface area contributed by atoms with Gasteiger partial charge in [-0.1, -0.05) is 25.3 Å². The first-order valence-corrected chi connectivity index (χ1v) is 7.64. The van der Waals surface area contributed by atoms with Gasteiger partial charge >= 0.3 is 0 Å². The van der Waals surface area contributed by atoms with Gasteiger partial charge in [0.05, 0.1) is 12.3 Å². The normalized spacial score (nSPS) is 23.1. The van der Waals surface area contributed by atoms with Crippen molar-refractivity contribution in [3.05, 3.63) is 18.2 Å². The van der Waals surface area contributed by atoms with Gasteiger partial charge in [0.15, 0.2) is 0 Å². The zero-order valence-electron chi connectivity index (χ0n) is 11.7. The molecule has 0 radical (unpaired) electrons. The van der Waals surface area contributed by atoms with E-state index < -0.39 is 0 Å². The second-order valence-electron chi connectivity index (χ2n) is 5.64. The van der Waals surface area contributed by atoms with Gasteiger partial charge in [-0.25, -0.2) is 0 Å². The van der Waals surface area contributed by atoms with E-state index in [0.717, 1.165) is 23.9 Å². The van der Waals surface area contributed by atoms with E-state index in [2.05, 4.69) is 22.8 Å². The number of benzene rings is 1. The van der Waals surface area contributed by atoms with Gasteiger partial charge in [-0.2, -0.15) is 0 Å². The fraction of sp³-hybridized carbons (Fsp3) is 0.625. The van der Waals surface area contributed by atoms with Crippen molar-refractivity contribution < 1.29 is 4.74 Å². The highest BCUT2D eigenvalue weighted by atomic mass is 16.5. The maximum atomic E-state index is 5.68. The maximum absolute atomic E-state index is 5.68. The van der Waals surface area contributed by atoms with Gasteiger partial charge in [0.1, 0.15) is 11.4 Å². The smallest absolute Gasteiger partial charge is 0.144 e. The summed E-state index contributed by atoms with van der Waals surface area (Å²) >= 11 is 0. The van der Waals surface area contributed by atoms with Gasteiger partial charge in [-0.05, 0) is 37.8 Å². The van der Waals surface area contributed by atoms with Crippen LogP contribution in [0.3, 0.4) is 0 Å². The van der Waals surface area contributed by atoms with Crippen LogP contribution in [0.15, 0.2) is 18.2 Å². The van der Waals surface area contributed by atoms with Crippen LogP contribution in [-0.4, -0.2) is 19.2 Å². The van der Waals surface area contributed by atoms with E-state index in [1.807, 2.05) is 13.0 Å². The average molecular weight is 260 g/mol. The minimum Gasteiger partial charge on any atom is -0.492 e. The molecule has 1 aromatic carbocycles. The monoisotopic (exact) mass is 260 g/mol. The van der Waals surface area contributed by atoms with Crippen LogP contribution in [-0.2, 0) is 0 Å². The SMILES string of the molecule is CCOc1cccc2c1NCC(C1CCCCC1)N2. The van der Waals surface area contributed by atoms with Crippen molar-refractivity contribution >= 4 is 11.4 Å². The number of para-hydroxylation sites is 1. The molecule has 3 heteroatoms. The lowest BCUT2D eigenvalue weighted by Crippen LogP contribution is -2.40. The standard InChI is InChI=1S/C16H24N2O/c1-2-19-15-10-6-9-13-16(15)17-11-14(18-13)12-7-4-3-5-8-12/h6,9-10,12,14,17-18H,2-5,7-8,11H2,1H3. The Morgan fingerprint density at radius 1 is 1.21 bits per heavy atom. The molecule has 1 unspecified atom stereocenters. The van der Waals surface area contributed by atoms with E-state index in [-0.39, 0.29) is 0 Å². The number of rotatable bonds is 3. The molecule has 19 heavy (non-hydrogen) atoms. The van der Waals surface area contributed by atoms with E-state index in [9.17, 15) is 0 Å². The van der Waals surface area contributed by atoms with Crippen LogP contribution in [0.2, 0.25) is 0 Å². The van der Waals surface area contributed by atoms with Crippen LogP contribution >= 0.6 is 0 Å². The summed E-state index contributed by atoms with van der Waals surface area (Å²) in [4.78, 5) is 0. The first-order valence-electron chi connectivity index (χ1n) is 7.64. The summed E-state index contributed by atoms with van der Waals surface area (Å²) in [6, 6.07) is 6.84. The van der Waals surface area contributed by atoms with Crippen LogP contribution < -0.4 is 15.4 Å². The third-order valence-corrected chi connectivity index (χ3v) is 4.38. The van der Waals surface area contributed by atoms with E-state index in [0.29, 0.717) is 12.6 Å². The number of anilines is 2. The molecule has 1 saturated carbocycles. The third-order valence-electron chi connectivity index (χ3n) is 4.38. The lowest BCUT2D eigenvalue weighted by molar-refractivity contribution is 0.320. The lowest BCUT2D eigenvalue weighted by Gasteiger charge is -2.36. The first kappa shape index (κ1) is 12.6. The zero-order chi connectivity index (χ0) is 13.1. The Labute approximate surface area is 115 Å². The van der Waals surface area contributed by atoms with Gasteiger partial charge < -0.3 is 15.4 Å². The minimum atomic E-state index is 0.574. The molecule has 1 heterocycles. The molecule has 0 saturated heterocycles. The number of hydrogen-bond acceptors (Lipinski definition) is 3. The molecule has 0 spiro atoms. The molecule has 0 amide bonds. The van der Waals surface area contributed by atoms with Crippen molar-refractivity contribution in [2.45, 2.75) is 45.1 Å². The second kappa shape index (κ2) is 5.72. The summed E-state index contributed by atoms with van der Waals surface area (Å²) in [5, 5.41) is 7.30. The van der Waals surface area contributed by atoms with Crippen molar-refractivity contribution in [1.82, 2.24) is 0 Å². The fourth-order valence-corrected chi connectivity index (χ4v) is 3.39. The van der Waals surface area contributed by atoms with E-state index in [1.54, 1.807) is 0 Å². The molecule has 0 aromatic heterocycles. The van der Waals surface area contributed by atoms with Gasteiger partial charge in [-0.3, -0.25) is 0 Å². The Balaban J connectivity index is 1.74. The molecule has 2 N–H and O–H groups in total. The molecule has 2 aliphatic rings. The molecule has 1 aliphatic carbocycles. The number of hydrogen-bond donors (Lipinski definition) is 2. The Kier molecular flexibility index (Phi) is 3.81. The Morgan fingerprint density at radius 3 is 2.84 bits per heavy atom. The Bertz CT molecular complexity index is 427. The Morgan fingerprint density at radius 2 is 2.05 bits per heavy atom. The second-order valence-corrected chi connectivity index (χ2v) is 5.64. The summed E-state index contributed by atoms with van der Waals surface area (Å²) < 4.78 is 5.68. The summed E-state index contributed by atoms with van der Waals surface area (Å²) in [5.74, 6) is 1.79. The summed E-state index contributed by atoms with van der Waals surface area (Å²) in [6.45, 7) is 3.76. The van der Waals surface area contributed by atoms with Crippen molar-refractivity contribution in [3.63, 3.8) is 0 Å². The number of ether oxygens (including phenoxy) is 1. The van der Waals surface area contributed by atoms with Gasteiger partial charge in [0.25, 0.3) is 0 Å². The van der Waals surface area contributed by atoms with Crippen LogP contribution in [0.1, 0.15) is 39.0 Å².